The molecule has 3 nitrogen and oxygen atoms in total. The van der Waals surface area contributed by atoms with Gasteiger partial charge in [-0.3, -0.25) is 0 Å². The van der Waals surface area contributed by atoms with Crippen LogP contribution in [0.4, 0.5) is 0 Å². The van der Waals surface area contributed by atoms with Gasteiger partial charge in [0.1, 0.15) is 24.2 Å². The molecule has 1 aliphatic rings. The molecule has 106 valence electrons. The van der Waals surface area contributed by atoms with Gasteiger partial charge in [0.2, 0.25) is 0 Å². The van der Waals surface area contributed by atoms with E-state index >= 15 is 0 Å². The van der Waals surface area contributed by atoms with Gasteiger partial charge in [-0.1, -0.05) is 13.8 Å². The summed E-state index contributed by atoms with van der Waals surface area (Å²) in [5.74, 6) is 2.29. The third-order valence-electron chi connectivity index (χ3n) is 3.33. The Morgan fingerprint density at radius 1 is 1.47 bits per heavy atom. The molecule has 19 heavy (non-hydrogen) atoms. The molecule has 0 aromatic carbocycles. The van der Waals surface area contributed by atoms with Crippen molar-refractivity contribution in [3.8, 4) is 0 Å². The van der Waals surface area contributed by atoms with Crippen molar-refractivity contribution in [1.29, 1.82) is 0 Å². The van der Waals surface area contributed by atoms with E-state index in [0.717, 1.165) is 24.4 Å². The molecule has 0 saturated carbocycles. The topological polar surface area (TPSA) is 42.6 Å². The third-order valence-corrected chi connectivity index (χ3v) is 4.72. The molecule has 0 bridgehead atoms. The molecule has 0 spiro atoms. The molecule has 1 unspecified atom stereocenters. The molecule has 0 saturated heterocycles. The van der Waals surface area contributed by atoms with E-state index in [1.54, 1.807) is 18.0 Å². The van der Waals surface area contributed by atoms with E-state index in [9.17, 15) is 5.11 Å². The summed E-state index contributed by atoms with van der Waals surface area (Å²) in [5.41, 5.74) is 0. The molecule has 1 N–H and O–H groups in total. The molecular formula is C15H22O3S. The Morgan fingerprint density at radius 2 is 2.32 bits per heavy atom. The average Bonchev–Trinajstić information content (AvgIpc) is 2.92. The molecule has 1 aromatic heterocycles. The lowest BCUT2D eigenvalue weighted by Gasteiger charge is -2.27. The number of ether oxygens (including phenoxy) is 1. The quantitative estimate of drug-likeness (QED) is 0.866. The maximum absolute atomic E-state index is 10.1. The van der Waals surface area contributed by atoms with Crippen LogP contribution in [0.1, 0.15) is 32.4 Å². The summed E-state index contributed by atoms with van der Waals surface area (Å²) >= 11 is 1.77. The predicted octanol–water partition coefficient (Wildman–Crippen LogP) is 3.59. The maximum atomic E-state index is 10.1. The Labute approximate surface area is 119 Å². The lowest BCUT2D eigenvalue weighted by atomic mass is 10.1. The van der Waals surface area contributed by atoms with Gasteiger partial charge in [0.15, 0.2) is 0 Å². The summed E-state index contributed by atoms with van der Waals surface area (Å²) in [6.45, 7) is 5.09. The van der Waals surface area contributed by atoms with Crippen molar-refractivity contribution in [3.63, 3.8) is 0 Å². The second-order valence-corrected chi connectivity index (χ2v) is 6.35. The molecule has 2 atom stereocenters. The summed E-state index contributed by atoms with van der Waals surface area (Å²) in [4.78, 5) is 0. The minimum absolute atomic E-state index is 0.490. The fraction of sp³-hybridized carbons (Fsp3) is 0.600. The first kappa shape index (κ1) is 14.5. The highest BCUT2D eigenvalue weighted by Gasteiger charge is 2.22. The van der Waals surface area contributed by atoms with Crippen molar-refractivity contribution in [2.45, 2.75) is 44.5 Å². The van der Waals surface area contributed by atoms with Crippen LogP contribution in [0, 0.1) is 5.92 Å². The summed E-state index contributed by atoms with van der Waals surface area (Å²) in [7, 11) is 0. The Hall–Kier alpha value is -0.870. The molecule has 2 heterocycles. The molecular weight excluding hydrogens is 260 g/mol. The second kappa shape index (κ2) is 7.06. The van der Waals surface area contributed by atoms with E-state index in [1.165, 1.54) is 0 Å². The average molecular weight is 282 g/mol. The first-order chi connectivity index (χ1) is 9.16. The number of hydrogen-bond donors (Lipinski definition) is 1. The van der Waals surface area contributed by atoms with E-state index in [1.807, 2.05) is 17.5 Å². The van der Waals surface area contributed by atoms with Gasteiger partial charge in [0, 0.05) is 17.1 Å². The van der Waals surface area contributed by atoms with Crippen LogP contribution < -0.4 is 0 Å². The number of aliphatic hydroxyl groups excluding tert-OH is 1. The Balaban J connectivity index is 1.73. The third kappa shape index (κ3) is 4.32. The zero-order chi connectivity index (χ0) is 13.7. The van der Waals surface area contributed by atoms with E-state index in [-0.39, 0.29) is 0 Å². The highest BCUT2D eigenvalue weighted by Crippen LogP contribution is 2.29. The summed E-state index contributed by atoms with van der Waals surface area (Å²) in [6.07, 6.45) is 3.66. The van der Waals surface area contributed by atoms with E-state index in [2.05, 4.69) is 13.8 Å². The number of hydrogen-bond acceptors (Lipinski definition) is 4. The zero-order valence-corrected chi connectivity index (χ0v) is 12.4. The van der Waals surface area contributed by atoms with E-state index in [4.69, 9.17) is 9.15 Å². The van der Waals surface area contributed by atoms with Crippen molar-refractivity contribution in [2.75, 3.05) is 6.61 Å². The lowest BCUT2D eigenvalue weighted by Crippen LogP contribution is -2.25. The molecule has 1 aliphatic heterocycles. The van der Waals surface area contributed by atoms with Crippen LogP contribution in [0.5, 0.6) is 0 Å². The fourth-order valence-electron chi connectivity index (χ4n) is 2.00. The molecule has 0 radical (unpaired) electrons. The molecule has 0 amide bonds. The summed E-state index contributed by atoms with van der Waals surface area (Å²) in [5, 5.41) is 12.6. The highest BCUT2D eigenvalue weighted by molar-refractivity contribution is 8.02. The first-order valence-electron chi connectivity index (χ1n) is 6.85. The number of thioether (sulfide) groups is 1. The van der Waals surface area contributed by atoms with Gasteiger partial charge in [0.25, 0.3) is 0 Å². The van der Waals surface area contributed by atoms with Crippen LogP contribution >= 0.6 is 11.8 Å². The van der Waals surface area contributed by atoms with Crippen LogP contribution in [0.3, 0.4) is 0 Å². The summed E-state index contributed by atoms with van der Waals surface area (Å²) < 4.78 is 10.9. The largest absolute Gasteiger partial charge is 0.493 e. The van der Waals surface area contributed by atoms with Crippen LogP contribution in [0.2, 0.25) is 0 Å². The number of furan rings is 1. The standard InChI is InChI=1S/C15H22O3S/c1-11(2)15-9-18-14(10-19-15)13(16)7-3-5-12-6-4-8-17-12/h4,6,8,10-11,13,15-16H,3,5,7,9H2,1-2H3/t13?,15-/m0/s1. The molecule has 2 rings (SSSR count). The van der Waals surface area contributed by atoms with Gasteiger partial charge in [-0.2, -0.15) is 0 Å². The zero-order valence-electron chi connectivity index (χ0n) is 11.5. The van der Waals surface area contributed by atoms with Crippen LogP contribution in [0.15, 0.2) is 34.0 Å². The molecule has 1 aromatic rings. The van der Waals surface area contributed by atoms with Crippen LogP contribution in [-0.4, -0.2) is 23.1 Å². The monoisotopic (exact) mass is 282 g/mol. The van der Waals surface area contributed by atoms with Crippen molar-refractivity contribution >= 4 is 11.8 Å². The Bertz CT molecular complexity index is 398. The van der Waals surface area contributed by atoms with Gasteiger partial charge in [-0.25, -0.2) is 0 Å². The van der Waals surface area contributed by atoms with Gasteiger partial charge in [-0.05, 0) is 30.9 Å². The van der Waals surface area contributed by atoms with E-state index < -0.39 is 6.10 Å². The van der Waals surface area contributed by atoms with Gasteiger partial charge < -0.3 is 14.3 Å². The Morgan fingerprint density at radius 3 is 2.89 bits per heavy atom. The molecule has 0 fully saturated rings. The van der Waals surface area contributed by atoms with Gasteiger partial charge in [-0.15, -0.1) is 11.8 Å². The van der Waals surface area contributed by atoms with Crippen molar-refractivity contribution < 1.29 is 14.3 Å². The maximum Gasteiger partial charge on any atom is 0.131 e. The second-order valence-electron chi connectivity index (χ2n) is 5.24. The normalized spacial score (nSPS) is 21.1. The predicted molar refractivity (Wildman–Crippen MR) is 77.9 cm³/mol. The van der Waals surface area contributed by atoms with Crippen molar-refractivity contribution in [1.82, 2.24) is 0 Å². The summed E-state index contributed by atoms with van der Waals surface area (Å²) in [6, 6.07) is 3.85. The number of rotatable bonds is 6. The fourth-order valence-corrected chi connectivity index (χ4v) is 2.99. The first-order valence-corrected chi connectivity index (χ1v) is 7.80. The van der Waals surface area contributed by atoms with Crippen LogP contribution in [-0.2, 0) is 11.2 Å². The van der Waals surface area contributed by atoms with Gasteiger partial charge in [0.05, 0.1) is 6.26 Å². The van der Waals surface area contributed by atoms with Crippen molar-refractivity contribution in [2.24, 2.45) is 5.92 Å². The SMILES string of the molecule is CC(C)[C@@H]1COC(C(O)CCCc2ccco2)=CS1. The van der Waals surface area contributed by atoms with Crippen LogP contribution in [0.25, 0.3) is 0 Å². The smallest absolute Gasteiger partial charge is 0.131 e. The minimum Gasteiger partial charge on any atom is -0.493 e. The van der Waals surface area contributed by atoms with Crippen molar-refractivity contribution in [3.05, 3.63) is 35.3 Å². The molecule has 4 heteroatoms. The van der Waals surface area contributed by atoms with Gasteiger partial charge >= 0.3 is 0 Å². The lowest BCUT2D eigenvalue weighted by molar-refractivity contribution is 0.0903. The van der Waals surface area contributed by atoms with E-state index in [0.29, 0.717) is 24.2 Å². The highest BCUT2D eigenvalue weighted by atomic mass is 32.2. The molecule has 0 aliphatic carbocycles. The number of aryl methyl sites for hydroxylation is 1. The number of aliphatic hydroxyl groups is 1. The minimum atomic E-state index is -0.490. The Kier molecular flexibility index (Phi) is 5.40.